The minimum Gasteiger partial charge on any atom is -0.360 e. The highest BCUT2D eigenvalue weighted by Gasteiger charge is 2.16. The van der Waals surface area contributed by atoms with E-state index in [0.717, 1.165) is 12.1 Å². The van der Waals surface area contributed by atoms with Gasteiger partial charge in [-0.2, -0.15) is 13.7 Å². The van der Waals surface area contributed by atoms with Crippen LogP contribution in [0, 0.1) is 11.3 Å². The number of aromatic nitrogens is 2. The van der Waals surface area contributed by atoms with Crippen LogP contribution < -0.4 is 4.18 Å². The van der Waals surface area contributed by atoms with Gasteiger partial charge in [0.15, 0.2) is 5.69 Å². The van der Waals surface area contributed by atoms with Crippen molar-refractivity contribution >= 4 is 10.1 Å². The predicted octanol–water partition coefficient (Wildman–Crippen LogP) is 2.19. The maximum absolute atomic E-state index is 12.4. The molecule has 1 aromatic carbocycles. The van der Waals surface area contributed by atoms with Gasteiger partial charge in [-0.05, 0) is 11.6 Å². The smallest absolute Gasteiger partial charge is 0.314 e. The number of hydrogen-bond donors (Lipinski definition) is 0. The standard InChI is InChI=1S/C13H9F2N3O3S/c14-13(15)10-3-1-9(2-4-10)8-22(19,20)21-12-6-5-11(7-16)17-18-12/h1-6,13H,8H2. The summed E-state index contributed by atoms with van der Waals surface area (Å²) in [4.78, 5) is 0. The summed E-state index contributed by atoms with van der Waals surface area (Å²) in [5.41, 5.74) is 0.123. The van der Waals surface area contributed by atoms with Gasteiger partial charge in [0, 0.05) is 11.6 Å². The Morgan fingerprint density at radius 2 is 1.82 bits per heavy atom. The maximum Gasteiger partial charge on any atom is 0.314 e. The fourth-order valence-corrected chi connectivity index (χ4v) is 2.56. The van der Waals surface area contributed by atoms with Crippen LogP contribution in [-0.2, 0) is 15.9 Å². The first-order chi connectivity index (χ1) is 10.4. The fourth-order valence-electron chi connectivity index (χ4n) is 1.55. The first kappa shape index (κ1) is 15.8. The lowest BCUT2D eigenvalue weighted by molar-refractivity contribution is 0.151. The summed E-state index contributed by atoms with van der Waals surface area (Å²) in [6.07, 6.45) is -2.61. The van der Waals surface area contributed by atoms with E-state index < -0.39 is 22.3 Å². The van der Waals surface area contributed by atoms with Crippen molar-refractivity contribution in [1.82, 2.24) is 10.2 Å². The van der Waals surface area contributed by atoms with Crippen LogP contribution in [0.15, 0.2) is 36.4 Å². The molecular formula is C13H9F2N3O3S. The Morgan fingerprint density at radius 1 is 1.14 bits per heavy atom. The van der Waals surface area contributed by atoms with Gasteiger partial charge in [-0.3, -0.25) is 0 Å². The molecule has 0 radical (unpaired) electrons. The zero-order valence-corrected chi connectivity index (χ0v) is 11.8. The van der Waals surface area contributed by atoms with E-state index in [-0.39, 0.29) is 17.1 Å². The SMILES string of the molecule is N#Cc1ccc(OS(=O)(=O)Cc2ccc(C(F)F)cc2)nn1. The Kier molecular flexibility index (Phi) is 4.62. The second-order valence-corrected chi connectivity index (χ2v) is 5.77. The van der Waals surface area contributed by atoms with E-state index in [1.807, 2.05) is 0 Å². The van der Waals surface area contributed by atoms with E-state index in [9.17, 15) is 17.2 Å². The number of alkyl halides is 2. The van der Waals surface area contributed by atoms with Crippen LogP contribution >= 0.6 is 0 Å². The minimum absolute atomic E-state index is 0.0207. The molecule has 0 amide bonds. The number of hydrogen-bond acceptors (Lipinski definition) is 6. The number of nitriles is 1. The molecule has 2 aromatic rings. The summed E-state index contributed by atoms with van der Waals surface area (Å²) in [7, 11) is -4.01. The van der Waals surface area contributed by atoms with Crippen LogP contribution in [0.1, 0.15) is 23.2 Å². The Morgan fingerprint density at radius 3 is 2.32 bits per heavy atom. The zero-order chi connectivity index (χ0) is 16.2. The normalized spacial score (nSPS) is 11.2. The lowest BCUT2D eigenvalue weighted by Gasteiger charge is -2.06. The van der Waals surface area contributed by atoms with Crippen LogP contribution in [-0.4, -0.2) is 18.6 Å². The molecule has 114 valence electrons. The molecule has 1 aromatic heterocycles. The Labute approximate surface area is 125 Å². The largest absolute Gasteiger partial charge is 0.360 e. The van der Waals surface area contributed by atoms with Crippen LogP contribution in [0.5, 0.6) is 5.88 Å². The molecule has 0 aliphatic carbocycles. The molecule has 0 aliphatic heterocycles. The van der Waals surface area contributed by atoms with Crippen LogP contribution in [0.4, 0.5) is 8.78 Å². The van der Waals surface area contributed by atoms with E-state index in [2.05, 4.69) is 10.2 Å². The number of nitrogens with zero attached hydrogens (tertiary/aromatic N) is 3. The summed E-state index contributed by atoms with van der Waals surface area (Å²) in [5.74, 6) is -0.777. The lowest BCUT2D eigenvalue weighted by atomic mass is 10.2. The van der Waals surface area contributed by atoms with Crippen molar-refractivity contribution in [2.75, 3.05) is 0 Å². The zero-order valence-electron chi connectivity index (χ0n) is 11.0. The molecule has 0 bridgehead atoms. The topological polar surface area (TPSA) is 92.9 Å². The van der Waals surface area contributed by atoms with Crippen LogP contribution in [0.25, 0.3) is 0 Å². The summed E-state index contributed by atoms with van der Waals surface area (Å²) < 4.78 is 53.2. The molecular weight excluding hydrogens is 316 g/mol. The number of halogens is 2. The van der Waals surface area contributed by atoms with Gasteiger partial charge in [0.05, 0.1) is 0 Å². The van der Waals surface area contributed by atoms with Crippen molar-refractivity contribution in [1.29, 1.82) is 5.26 Å². The summed E-state index contributed by atoms with van der Waals surface area (Å²) >= 11 is 0. The average Bonchev–Trinajstić information content (AvgIpc) is 2.47. The molecule has 0 unspecified atom stereocenters. The van der Waals surface area contributed by atoms with Gasteiger partial charge in [0.2, 0.25) is 0 Å². The van der Waals surface area contributed by atoms with Gasteiger partial charge < -0.3 is 4.18 Å². The lowest BCUT2D eigenvalue weighted by Crippen LogP contribution is -2.13. The number of rotatable bonds is 5. The third-order valence-corrected chi connectivity index (χ3v) is 3.65. The fraction of sp³-hybridized carbons (Fsp3) is 0.154. The summed E-state index contributed by atoms with van der Waals surface area (Å²) in [6, 6.07) is 9.06. The molecule has 0 N–H and O–H groups in total. The van der Waals surface area contributed by atoms with Crippen LogP contribution in [0.3, 0.4) is 0 Å². The van der Waals surface area contributed by atoms with Crippen molar-refractivity contribution in [3.63, 3.8) is 0 Å². The molecule has 0 saturated heterocycles. The second-order valence-electron chi connectivity index (χ2n) is 4.20. The molecule has 0 fully saturated rings. The molecule has 1 heterocycles. The van der Waals surface area contributed by atoms with E-state index in [1.165, 1.54) is 24.3 Å². The van der Waals surface area contributed by atoms with E-state index >= 15 is 0 Å². The monoisotopic (exact) mass is 325 g/mol. The van der Waals surface area contributed by atoms with Gasteiger partial charge in [0.1, 0.15) is 11.8 Å². The minimum atomic E-state index is -4.01. The first-order valence-electron chi connectivity index (χ1n) is 5.92. The highest BCUT2D eigenvalue weighted by atomic mass is 32.2. The highest BCUT2D eigenvalue weighted by Crippen LogP contribution is 2.20. The molecule has 6 nitrogen and oxygen atoms in total. The molecule has 9 heteroatoms. The Hall–Kier alpha value is -2.60. The van der Waals surface area contributed by atoms with Gasteiger partial charge in [-0.1, -0.05) is 24.3 Å². The molecule has 2 rings (SSSR count). The van der Waals surface area contributed by atoms with E-state index in [4.69, 9.17) is 9.44 Å². The van der Waals surface area contributed by atoms with Crippen molar-refractivity contribution in [3.8, 4) is 11.9 Å². The maximum atomic E-state index is 12.4. The van der Waals surface area contributed by atoms with Crippen molar-refractivity contribution in [3.05, 3.63) is 53.2 Å². The van der Waals surface area contributed by atoms with Crippen molar-refractivity contribution in [2.24, 2.45) is 0 Å². The van der Waals surface area contributed by atoms with Crippen molar-refractivity contribution < 1.29 is 21.4 Å². The molecule has 0 aliphatic rings. The average molecular weight is 325 g/mol. The summed E-state index contributed by atoms with van der Waals surface area (Å²) in [5, 5.41) is 15.4. The summed E-state index contributed by atoms with van der Waals surface area (Å²) in [6.45, 7) is 0. The Bertz CT molecular complexity index is 785. The quantitative estimate of drug-likeness (QED) is 0.782. The third kappa shape index (κ3) is 4.20. The van der Waals surface area contributed by atoms with E-state index in [0.29, 0.717) is 5.56 Å². The highest BCUT2D eigenvalue weighted by molar-refractivity contribution is 7.86. The van der Waals surface area contributed by atoms with Crippen molar-refractivity contribution in [2.45, 2.75) is 12.2 Å². The van der Waals surface area contributed by atoms with Gasteiger partial charge in [-0.25, -0.2) is 8.78 Å². The number of benzene rings is 1. The van der Waals surface area contributed by atoms with Crippen LogP contribution in [0.2, 0.25) is 0 Å². The second kappa shape index (κ2) is 6.44. The predicted molar refractivity (Wildman–Crippen MR) is 71.4 cm³/mol. The first-order valence-corrected chi connectivity index (χ1v) is 7.50. The van der Waals surface area contributed by atoms with Gasteiger partial charge >= 0.3 is 10.1 Å². The van der Waals surface area contributed by atoms with E-state index in [1.54, 1.807) is 6.07 Å². The van der Waals surface area contributed by atoms with Gasteiger partial charge in [-0.15, -0.1) is 10.2 Å². The Balaban J connectivity index is 2.08. The molecule has 0 spiro atoms. The third-order valence-electron chi connectivity index (χ3n) is 2.54. The molecule has 0 atom stereocenters. The van der Waals surface area contributed by atoms with Gasteiger partial charge in [0.25, 0.3) is 12.3 Å². The molecule has 22 heavy (non-hydrogen) atoms. The molecule has 0 saturated carbocycles.